The standard InChI is InChI=1S/C10H16N4O2/c1-6-3-9(14-13-6)12-10(15)7-4-16-5-8(7)11-2/h3,7-8,11H,4-5H2,1-2H3,(H2,12,13,14,15). The summed E-state index contributed by atoms with van der Waals surface area (Å²) in [6.07, 6.45) is 0. The summed E-state index contributed by atoms with van der Waals surface area (Å²) in [4.78, 5) is 11.9. The van der Waals surface area contributed by atoms with Crippen LogP contribution in [0.4, 0.5) is 5.82 Å². The highest BCUT2D eigenvalue weighted by atomic mass is 16.5. The number of hydrogen-bond acceptors (Lipinski definition) is 4. The molecule has 1 aliphatic heterocycles. The van der Waals surface area contributed by atoms with Crippen molar-refractivity contribution < 1.29 is 9.53 Å². The second kappa shape index (κ2) is 4.63. The molecular formula is C10H16N4O2. The molecule has 88 valence electrons. The van der Waals surface area contributed by atoms with E-state index in [0.717, 1.165) is 5.69 Å². The van der Waals surface area contributed by atoms with E-state index < -0.39 is 0 Å². The molecule has 2 atom stereocenters. The van der Waals surface area contributed by atoms with Crippen LogP contribution >= 0.6 is 0 Å². The Kier molecular flexibility index (Phi) is 3.21. The van der Waals surface area contributed by atoms with Gasteiger partial charge in [0.1, 0.15) is 0 Å². The molecule has 0 bridgehead atoms. The topological polar surface area (TPSA) is 79.0 Å². The van der Waals surface area contributed by atoms with E-state index in [1.54, 1.807) is 6.07 Å². The van der Waals surface area contributed by atoms with E-state index in [1.807, 2.05) is 14.0 Å². The average Bonchev–Trinajstić information content (AvgIpc) is 2.86. The van der Waals surface area contributed by atoms with Gasteiger partial charge in [-0.05, 0) is 14.0 Å². The van der Waals surface area contributed by atoms with Gasteiger partial charge in [-0.25, -0.2) is 0 Å². The lowest BCUT2D eigenvalue weighted by molar-refractivity contribution is -0.120. The zero-order valence-corrected chi connectivity index (χ0v) is 9.41. The molecule has 2 heterocycles. The van der Waals surface area contributed by atoms with E-state index in [0.29, 0.717) is 19.0 Å². The van der Waals surface area contributed by atoms with Gasteiger partial charge in [0.2, 0.25) is 5.91 Å². The Morgan fingerprint density at radius 2 is 2.44 bits per heavy atom. The van der Waals surface area contributed by atoms with Crippen molar-refractivity contribution in [3.63, 3.8) is 0 Å². The number of ether oxygens (including phenoxy) is 1. The Hall–Kier alpha value is -1.40. The third kappa shape index (κ3) is 2.23. The maximum absolute atomic E-state index is 11.9. The smallest absolute Gasteiger partial charge is 0.232 e. The van der Waals surface area contributed by atoms with Crippen molar-refractivity contribution in [1.82, 2.24) is 15.5 Å². The first-order valence-electron chi connectivity index (χ1n) is 5.28. The average molecular weight is 224 g/mol. The summed E-state index contributed by atoms with van der Waals surface area (Å²) < 4.78 is 5.27. The summed E-state index contributed by atoms with van der Waals surface area (Å²) in [6.45, 7) is 2.92. The lowest BCUT2D eigenvalue weighted by Gasteiger charge is -2.15. The number of aromatic amines is 1. The Balaban J connectivity index is 1.97. The van der Waals surface area contributed by atoms with Gasteiger partial charge in [0.15, 0.2) is 5.82 Å². The second-order valence-corrected chi connectivity index (χ2v) is 3.96. The largest absolute Gasteiger partial charge is 0.379 e. The molecule has 0 spiro atoms. The highest BCUT2D eigenvalue weighted by Gasteiger charge is 2.33. The van der Waals surface area contributed by atoms with E-state index in [2.05, 4.69) is 20.8 Å². The number of amides is 1. The molecule has 2 rings (SSSR count). The fourth-order valence-electron chi connectivity index (χ4n) is 1.80. The fraction of sp³-hybridized carbons (Fsp3) is 0.600. The van der Waals surface area contributed by atoms with Crippen LogP contribution in [-0.4, -0.2) is 42.4 Å². The minimum Gasteiger partial charge on any atom is -0.379 e. The van der Waals surface area contributed by atoms with E-state index in [9.17, 15) is 4.79 Å². The normalized spacial score (nSPS) is 24.6. The number of rotatable bonds is 3. The van der Waals surface area contributed by atoms with Gasteiger partial charge in [0, 0.05) is 17.8 Å². The van der Waals surface area contributed by atoms with Crippen molar-refractivity contribution in [2.75, 3.05) is 25.6 Å². The molecule has 1 aromatic rings. The number of likely N-dealkylation sites (N-methyl/N-ethyl adjacent to an activating group) is 1. The second-order valence-electron chi connectivity index (χ2n) is 3.96. The van der Waals surface area contributed by atoms with Crippen molar-refractivity contribution in [1.29, 1.82) is 0 Å². The van der Waals surface area contributed by atoms with Crippen LogP contribution in [0, 0.1) is 12.8 Å². The van der Waals surface area contributed by atoms with Crippen molar-refractivity contribution in [3.05, 3.63) is 11.8 Å². The Morgan fingerprint density at radius 3 is 3.06 bits per heavy atom. The first kappa shape index (κ1) is 11.1. The van der Waals surface area contributed by atoms with Gasteiger partial charge in [-0.15, -0.1) is 0 Å². The third-order valence-corrected chi connectivity index (χ3v) is 2.75. The minimum atomic E-state index is -0.151. The third-order valence-electron chi connectivity index (χ3n) is 2.75. The van der Waals surface area contributed by atoms with Gasteiger partial charge in [-0.3, -0.25) is 9.89 Å². The van der Waals surface area contributed by atoms with Crippen molar-refractivity contribution in [3.8, 4) is 0 Å². The number of aromatic nitrogens is 2. The number of hydrogen-bond donors (Lipinski definition) is 3. The quantitative estimate of drug-likeness (QED) is 0.669. The maximum atomic E-state index is 11.9. The number of nitrogens with zero attached hydrogens (tertiary/aromatic N) is 1. The number of carbonyl (C=O) groups excluding carboxylic acids is 1. The molecule has 0 saturated carbocycles. The van der Waals surface area contributed by atoms with E-state index in [4.69, 9.17) is 4.74 Å². The lowest BCUT2D eigenvalue weighted by Crippen LogP contribution is -2.39. The number of H-pyrrole nitrogens is 1. The molecule has 2 unspecified atom stereocenters. The molecule has 3 N–H and O–H groups in total. The Bertz CT molecular complexity index is 377. The number of anilines is 1. The molecule has 1 aliphatic rings. The molecule has 16 heavy (non-hydrogen) atoms. The van der Waals surface area contributed by atoms with Crippen molar-refractivity contribution in [2.45, 2.75) is 13.0 Å². The van der Waals surface area contributed by atoms with Crippen LogP contribution in [0.5, 0.6) is 0 Å². The molecule has 6 nitrogen and oxygen atoms in total. The Labute approximate surface area is 93.8 Å². The van der Waals surface area contributed by atoms with E-state index in [-0.39, 0.29) is 17.9 Å². The van der Waals surface area contributed by atoms with E-state index >= 15 is 0 Å². The van der Waals surface area contributed by atoms with Crippen molar-refractivity contribution in [2.24, 2.45) is 5.92 Å². The first-order chi connectivity index (χ1) is 7.70. The summed E-state index contributed by atoms with van der Waals surface area (Å²) in [6, 6.07) is 1.88. The SMILES string of the molecule is CNC1COCC1C(=O)Nc1cc(C)[nH]n1. The molecule has 0 aliphatic carbocycles. The van der Waals surface area contributed by atoms with Crippen molar-refractivity contribution >= 4 is 11.7 Å². The van der Waals surface area contributed by atoms with Crippen LogP contribution in [0.3, 0.4) is 0 Å². The molecule has 1 amide bonds. The monoisotopic (exact) mass is 224 g/mol. The van der Waals surface area contributed by atoms with Gasteiger partial charge in [0.05, 0.1) is 19.1 Å². The zero-order chi connectivity index (χ0) is 11.5. The maximum Gasteiger partial charge on any atom is 0.232 e. The van der Waals surface area contributed by atoms with Gasteiger partial charge < -0.3 is 15.4 Å². The summed E-state index contributed by atoms with van der Waals surface area (Å²) in [5.41, 5.74) is 0.920. The van der Waals surface area contributed by atoms with Crippen LogP contribution in [0.25, 0.3) is 0 Å². The first-order valence-corrected chi connectivity index (χ1v) is 5.28. The highest BCUT2D eigenvalue weighted by Crippen LogP contribution is 2.15. The summed E-state index contributed by atoms with van der Waals surface area (Å²) in [5, 5.41) is 12.6. The predicted octanol–water partition coefficient (Wildman–Crippen LogP) is -0.109. The Morgan fingerprint density at radius 1 is 1.62 bits per heavy atom. The number of aryl methyl sites for hydroxylation is 1. The summed E-state index contributed by atoms with van der Waals surface area (Å²) >= 11 is 0. The summed E-state index contributed by atoms with van der Waals surface area (Å²) in [5.74, 6) is 0.356. The minimum absolute atomic E-state index is 0.0525. The van der Waals surface area contributed by atoms with Gasteiger partial charge >= 0.3 is 0 Å². The van der Waals surface area contributed by atoms with E-state index in [1.165, 1.54) is 0 Å². The van der Waals surface area contributed by atoms with Gasteiger partial charge in [0.25, 0.3) is 0 Å². The van der Waals surface area contributed by atoms with Crippen LogP contribution < -0.4 is 10.6 Å². The molecule has 0 radical (unpaired) electrons. The summed E-state index contributed by atoms with van der Waals surface area (Å²) in [7, 11) is 1.83. The molecule has 6 heteroatoms. The van der Waals surface area contributed by atoms with Gasteiger partial charge in [-0.2, -0.15) is 5.10 Å². The van der Waals surface area contributed by atoms with Gasteiger partial charge in [-0.1, -0.05) is 0 Å². The zero-order valence-electron chi connectivity index (χ0n) is 9.41. The van der Waals surface area contributed by atoms with Crippen LogP contribution in [0.2, 0.25) is 0 Å². The fourth-order valence-corrected chi connectivity index (χ4v) is 1.80. The number of nitrogens with one attached hydrogen (secondary N) is 3. The molecule has 1 aromatic heterocycles. The highest BCUT2D eigenvalue weighted by molar-refractivity contribution is 5.92. The molecule has 1 saturated heterocycles. The van der Waals surface area contributed by atoms with Crippen LogP contribution in [0.15, 0.2) is 6.07 Å². The molecule has 0 aromatic carbocycles. The number of carbonyl (C=O) groups is 1. The lowest BCUT2D eigenvalue weighted by atomic mass is 10.0. The molecule has 1 fully saturated rings. The molecular weight excluding hydrogens is 208 g/mol. The van der Waals surface area contributed by atoms with Crippen LogP contribution in [0.1, 0.15) is 5.69 Å². The van der Waals surface area contributed by atoms with Crippen LogP contribution in [-0.2, 0) is 9.53 Å². The predicted molar refractivity (Wildman–Crippen MR) is 59.1 cm³/mol.